The Labute approximate surface area is 163 Å². The summed E-state index contributed by atoms with van der Waals surface area (Å²) < 4.78 is 11.0. The zero-order valence-electron chi connectivity index (χ0n) is 14.9. The molecule has 0 saturated carbocycles. The van der Waals surface area contributed by atoms with E-state index < -0.39 is 5.97 Å². The minimum Gasteiger partial charge on any atom is -0.496 e. The molecule has 6 nitrogen and oxygen atoms in total. The lowest BCUT2D eigenvalue weighted by Crippen LogP contribution is -2.31. The Morgan fingerprint density at radius 2 is 2.00 bits per heavy atom. The van der Waals surface area contributed by atoms with Gasteiger partial charge in [-0.1, -0.05) is 42.2 Å². The largest absolute Gasteiger partial charge is 0.496 e. The fourth-order valence-electron chi connectivity index (χ4n) is 2.60. The standard InChI is InChI=1S/C18H24N2O4S2/c1-23-15-7-3-2-6-14(15)8-9-19-16(21)12-24-17(22)13-26-18(25)20-10-4-5-11-20/h2-3,6-7H,4-5,8-13H2,1H3,(H,19,21). The molecule has 1 saturated heterocycles. The summed E-state index contributed by atoms with van der Waals surface area (Å²) in [5, 5.41) is 2.73. The van der Waals surface area contributed by atoms with Crippen molar-refractivity contribution in [3.8, 4) is 5.75 Å². The summed E-state index contributed by atoms with van der Waals surface area (Å²) in [5.41, 5.74) is 1.01. The first-order chi connectivity index (χ1) is 12.6. The number of likely N-dealkylation sites (tertiary alicyclic amines) is 1. The van der Waals surface area contributed by atoms with Crippen LogP contribution in [0.2, 0.25) is 0 Å². The third-order valence-electron chi connectivity index (χ3n) is 3.95. The van der Waals surface area contributed by atoms with E-state index in [1.807, 2.05) is 24.3 Å². The minimum absolute atomic E-state index is 0.129. The van der Waals surface area contributed by atoms with Gasteiger partial charge in [-0.05, 0) is 30.9 Å². The predicted molar refractivity (Wildman–Crippen MR) is 107 cm³/mol. The van der Waals surface area contributed by atoms with Crippen molar-refractivity contribution >= 4 is 40.2 Å². The van der Waals surface area contributed by atoms with Crippen molar-refractivity contribution < 1.29 is 19.1 Å². The Hall–Kier alpha value is -1.80. The van der Waals surface area contributed by atoms with E-state index in [9.17, 15) is 9.59 Å². The van der Waals surface area contributed by atoms with Crippen LogP contribution < -0.4 is 10.1 Å². The number of benzene rings is 1. The molecule has 0 radical (unpaired) electrons. The average Bonchev–Trinajstić information content (AvgIpc) is 3.19. The van der Waals surface area contributed by atoms with Crippen molar-refractivity contribution in [1.29, 1.82) is 0 Å². The molecule has 0 unspecified atom stereocenters. The van der Waals surface area contributed by atoms with Gasteiger partial charge in [0.2, 0.25) is 0 Å². The first-order valence-electron chi connectivity index (χ1n) is 8.56. The summed E-state index contributed by atoms with van der Waals surface area (Å²) in [6.07, 6.45) is 2.92. The molecule has 0 bridgehead atoms. The van der Waals surface area contributed by atoms with Crippen molar-refractivity contribution in [3.05, 3.63) is 29.8 Å². The van der Waals surface area contributed by atoms with Crippen LogP contribution in [0.4, 0.5) is 0 Å². The highest BCUT2D eigenvalue weighted by atomic mass is 32.2. The third-order valence-corrected chi connectivity index (χ3v) is 5.45. The van der Waals surface area contributed by atoms with E-state index in [2.05, 4.69) is 10.2 Å². The van der Waals surface area contributed by atoms with Crippen LogP contribution in [0.5, 0.6) is 5.75 Å². The maximum Gasteiger partial charge on any atom is 0.316 e. The number of thiocarbonyl (C=S) groups is 1. The van der Waals surface area contributed by atoms with Gasteiger partial charge in [-0.25, -0.2) is 0 Å². The summed E-state index contributed by atoms with van der Waals surface area (Å²) in [6.45, 7) is 2.08. The van der Waals surface area contributed by atoms with Crippen molar-refractivity contribution in [2.75, 3.05) is 39.1 Å². The summed E-state index contributed by atoms with van der Waals surface area (Å²) in [4.78, 5) is 25.6. The summed E-state index contributed by atoms with van der Waals surface area (Å²) >= 11 is 6.57. The highest BCUT2D eigenvalue weighted by Gasteiger charge is 2.17. The van der Waals surface area contributed by atoms with Gasteiger partial charge in [0.05, 0.1) is 12.9 Å². The lowest BCUT2D eigenvalue weighted by molar-refractivity contribution is -0.145. The number of nitrogens with zero attached hydrogens (tertiary/aromatic N) is 1. The summed E-state index contributed by atoms with van der Waals surface area (Å²) in [6, 6.07) is 7.65. The zero-order valence-corrected chi connectivity index (χ0v) is 16.5. The number of esters is 1. The highest BCUT2D eigenvalue weighted by Crippen LogP contribution is 2.17. The van der Waals surface area contributed by atoms with Crippen LogP contribution in [0.3, 0.4) is 0 Å². The quantitative estimate of drug-likeness (QED) is 0.532. The molecule has 0 aromatic heterocycles. The van der Waals surface area contributed by atoms with E-state index in [0.717, 1.165) is 41.6 Å². The van der Waals surface area contributed by atoms with Crippen molar-refractivity contribution in [3.63, 3.8) is 0 Å². The van der Waals surface area contributed by atoms with E-state index in [4.69, 9.17) is 21.7 Å². The molecule has 0 aliphatic carbocycles. The van der Waals surface area contributed by atoms with E-state index in [0.29, 0.717) is 13.0 Å². The van der Waals surface area contributed by atoms with E-state index in [-0.39, 0.29) is 18.3 Å². The van der Waals surface area contributed by atoms with E-state index >= 15 is 0 Å². The van der Waals surface area contributed by atoms with Gasteiger partial charge < -0.3 is 19.7 Å². The zero-order chi connectivity index (χ0) is 18.8. The minimum atomic E-state index is -0.434. The molecule has 1 aromatic rings. The molecule has 0 atom stereocenters. The van der Waals surface area contributed by atoms with Crippen LogP contribution >= 0.6 is 24.0 Å². The fraction of sp³-hybridized carbons (Fsp3) is 0.500. The van der Waals surface area contributed by atoms with E-state index in [1.54, 1.807) is 7.11 Å². The van der Waals surface area contributed by atoms with Crippen molar-refractivity contribution in [2.24, 2.45) is 0 Å². The molecular weight excluding hydrogens is 372 g/mol. The Morgan fingerprint density at radius 1 is 1.27 bits per heavy atom. The lowest BCUT2D eigenvalue weighted by atomic mass is 10.1. The predicted octanol–water partition coefficient (Wildman–Crippen LogP) is 2.01. The molecule has 142 valence electrons. The summed E-state index contributed by atoms with van der Waals surface area (Å²) in [7, 11) is 1.62. The molecule has 1 amide bonds. The number of methoxy groups -OCH3 is 1. The topological polar surface area (TPSA) is 67.9 Å². The maximum atomic E-state index is 11.8. The molecule has 1 aliphatic heterocycles. The molecule has 2 rings (SSSR count). The number of thioether (sulfide) groups is 1. The molecule has 1 aliphatic rings. The highest BCUT2D eigenvalue weighted by molar-refractivity contribution is 8.23. The molecule has 1 aromatic carbocycles. The first kappa shape index (κ1) is 20.5. The second-order valence-corrected chi connectivity index (χ2v) is 7.43. The molecule has 1 N–H and O–H groups in total. The molecule has 1 fully saturated rings. The normalized spacial score (nSPS) is 13.3. The number of para-hydroxylation sites is 1. The number of nitrogens with one attached hydrogen (secondary N) is 1. The van der Waals surface area contributed by atoms with Crippen molar-refractivity contribution in [1.82, 2.24) is 10.2 Å². The number of hydrogen-bond donors (Lipinski definition) is 1. The van der Waals surface area contributed by atoms with Gasteiger partial charge in [0, 0.05) is 19.6 Å². The number of amides is 1. The smallest absolute Gasteiger partial charge is 0.316 e. The fourth-order valence-corrected chi connectivity index (χ4v) is 3.65. The second kappa shape index (κ2) is 11.0. The van der Waals surface area contributed by atoms with Gasteiger partial charge in [0.25, 0.3) is 5.91 Å². The number of carbonyl (C=O) groups is 2. The maximum absolute atomic E-state index is 11.8. The lowest BCUT2D eigenvalue weighted by Gasteiger charge is -2.17. The number of ether oxygens (including phenoxy) is 2. The van der Waals surface area contributed by atoms with Crippen molar-refractivity contribution in [2.45, 2.75) is 19.3 Å². The van der Waals surface area contributed by atoms with Crippen LogP contribution in [-0.4, -0.2) is 60.2 Å². The van der Waals surface area contributed by atoms with Crippen LogP contribution in [0, 0.1) is 0 Å². The van der Waals surface area contributed by atoms with Crippen LogP contribution in [0.1, 0.15) is 18.4 Å². The number of carbonyl (C=O) groups excluding carboxylic acids is 2. The third kappa shape index (κ3) is 6.84. The van der Waals surface area contributed by atoms with Gasteiger partial charge in [0.1, 0.15) is 10.1 Å². The van der Waals surface area contributed by atoms with Crippen LogP contribution in [0.25, 0.3) is 0 Å². The Morgan fingerprint density at radius 3 is 2.73 bits per heavy atom. The molecule has 26 heavy (non-hydrogen) atoms. The SMILES string of the molecule is COc1ccccc1CCNC(=O)COC(=O)CSC(=S)N1CCCC1. The summed E-state index contributed by atoms with van der Waals surface area (Å²) in [5.74, 6) is 0.167. The molecule has 0 spiro atoms. The van der Waals surface area contributed by atoms with E-state index in [1.165, 1.54) is 11.8 Å². The van der Waals surface area contributed by atoms with Gasteiger partial charge in [-0.15, -0.1) is 0 Å². The van der Waals surface area contributed by atoms with Gasteiger partial charge in [-0.2, -0.15) is 0 Å². The number of hydrogen-bond acceptors (Lipinski definition) is 6. The van der Waals surface area contributed by atoms with Gasteiger partial charge >= 0.3 is 5.97 Å². The average molecular weight is 397 g/mol. The van der Waals surface area contributed by atoms with Crippen LogP contribution in [-0.2, 0) is 20.7 Å². The first-order valence-corrected chi connectivity index (χ1v) is 9.95. The monoisotopic (exact) mass is 396 g/mol. The number of rotatable bonds is 8. The molecular formula is C18H24N2O4S2. The van der Waals surface area contributed by atoms with Crippen LogP contribution in [0.15, 0.2) is 24.3 Å². The molecule has 8 heteroatoms. The Bertz CT molecular complexity index is 633. The van der Waals surface area contributed by atoms with Gasteiger partial charge in [0.15, 0.2) is 6.61 Å². The molecule has 1 heterocycles. The van der Waals surface area contributed by atoms with Gasteiger partial charge in [-0.3, -0.25) is 9.59 Å². The Kier molecular flexibility index (Phi) is 8.70. The second-order valence-electron chi connectivity index (χ2n) is 5.82. The Balaban J connectivity index is 1.59.